The van der Waals surface area contributed by atoms with Gasteiger partial charge in [-0.1, -0.05) is 24.3 Å². The van der Waals surface area contributed by atoms with Gasteiger partial charge in [-0.25, -0.2) is 0 Å². The Bertz CT molecular complexity index is 328. The molecule has 1 aromatic carbocycles. The Kier molecular flexibility index (Phi) is 4.47. The van der Waals surface area contributed by atoms with Gasteiger partial charge in [0, 0.05) is 14.2 Å². The lowest BCUT2D eigenvalue weighted by molar-refractivity contribution is 0.0269. The zero-order chi connectivity index (χ0) is 12.2. The lowest BCUT2D eigenvalue weighted by Crippen LogP contribution is -2.17. The second-order valence-corrected chi connectivity index (χ2v) is 4.36. The number of hydrogen-bond donors (Lipinski definition) is 1. The molecule has 0 amide bonds. The Balaban J connectivity index is 2.97. The monoisotopic (exact) mass is 224 g/mol. The van der Waals surface area contributed by atoms with Crippen LogP contribution in [-0.4, -0.2) is 25.9 Å². The van der Waals surface area contributed by atoms with E-state index in [1.54, 1.807) is 28.1 Å². The van der Waals surface area contributed by atoms with Crippen LogP contribution in [0, 0.1) is 0 Å². The molecule has 90 valence electrons. The normalized spacial score (nSPS) is 13.8. The third-order valence-corrected chi connectivity index (χ3v) is 2.57. The van der Waals surface area contributed by atoms with Gasteiger partial charge in [-0.15, -0.1) is 0 Å². The predicted octanol–water partition coefficient (Wildman–Crippen LogP) is 2.25. The quantitative estimate of drug-likeness (QED) is 0.833. The summed E-state index contributed by atoms with van der Waals surface area (Å²) in [6.07, 6.45) is -0.0905. The van der Waals surface area contributed by atoms with Gasteiger partial charge in [-0.05, 0) is 25.0 Å². The van der Waals surface area contributed by atoms with E-state index in [4.69, 9.17) is 9.47 Å². The summed E-state index contributed by atoms with van der Waals surface area (Å²) in [5.74, 6) is 0. The highest BCUT2D eigenvalue weighted by molar-refractivity contribution is 5.28. The van der Waals surface area contributed by atoms with E-state index in [1.807, 2.05) is 24.3 Å². The van der Waals surface area contributed by atoms with Crippen LogP contribution in [0.25, 0.3) is 0 Å². The molecule has 0 aliphatic heterocycles. The van der Waals surface area contributed by atoms with Crippen LogP contribution < -0.4 is 0 Å². The highest BCUT2D eigenvalue weighted by atomic mass is 16.5. The van der Waals surface area contributed by atoms with Gasteiger partial charge in [0.2, 0.25) is 0 Å². The van der Waals surface area contributed by atoms with Crippen molar-refractivity contribution in [3.8, 4) is 0 Å². The van der Waals surface area contributed by atoms with E-state index in [-0.39, 0.29) is 6.10 Å². The molecule has 3 heteroatoms. The van der Waals surface area contributed by atoms with E-state index >= 15 is 0 Å². The minimum absolute atomic E-state index is 0.0905. The Morgan fingerprint density at radius 1 is 1.31 bits per heavy atom. The molecule has 3 nitrogen and oxygen atoms in total. The molecule has 1 rings (SSSR count). The van der Waals surface area contributed by atoms with Crippen LogP contribution in [0.5, 0.6) is 0 Å². The molecule has 0 fully saturated rings. The second kappa shape index (κ2) is 5.43. The molecule has 0 aliphatic carbocycles. The highest BCUT2D eigenvalue weighted by Gasteiger charge is 2.18. The van der Waals surface area contributed by atoms with Crippen molar-refractivity contribution >= 4 is 0 Å². The zero-order valence-electron chi connectivity index (χ0n) is 10.4. The Morgan fingerprint density at radius 3 is 2.50 bits per heavy atom. The van der Waals surface area contributed by atoms with Gasteiger partial charge >= 0.3 is 0 Å². The molecule has 1 atom stereocenters. The summed E-state index contributed by atoms with van der Waals surface area (Å²) in [6, 6.07) is 7.75. The van der Waals surface area contributed by atoms with E-state index in [0.29, 0.717) is 6.61 Å². The molecule has 0 aromatic heterocycles. The summed E-state index contributed by atoms with van der Waals surface area (Å²) >= 11 is 0. The summed E-state index contributed by atoms with van der Waals surface area (Å²) in [5.41, 5.74) is 1.06. The first-order valence-corrected chi connectivity index (χ1v) is 5.33. The van der Waals surface area contributed by atoms with Gasteiger partial charge in [-0.2, -0.15) is 0 Å². The first-order chi connectivity index (χ1) is 7.49. The minimum atomic E-state index is -0.832. The highest BCUT2D eigenvalue weighted by Crippen LogP contribution is 2.24. The van der Waals surface area contributed by atoms with E-state index < -0.39 is 5.60 Å². The van der Waals surface area contributed by atoms with Crippen LogP contribution in [0.3, 0.4) is 0 Å². The van der Waals surface area contributed by atoms with Crippen LogP contribution in [0.15, 0.2) is 24.3 Å². The van der Waals surface area contributed by atoms with Crippen LogP contribution in [0.4, 0.5) is 0 Å². The van der Waals surface area contributed by atoms with E-state index in [0.717, 1.165) is 11.1 Å². The number of rotatable bonds is 5. The van der Waals surface area contributed by atoms with Gasteiger partial charge < -0.3 is 14.6 Å². The SMILES string of the molecule is COCC(OC)c1cccc(C(C)(C)O)c1. The smallest absolute Gasteiger partial charge is 0.105 e. The minimum Gasteiger partial charge on any atom is -0.386 e. The first kappa shape index (κ1) is 13.2. The third-order valence-electron chi connectivity index (χ3n) is 2.57. The maximum atomic E-state index is 9.93. The molecule has 1 unspecified atom stereocenters. The molecule has 0 saturated carbocycles. The summed E-state index contributed by atoms with van der Waals surface area (Å²) in [4.78, 5) is 0. The fraction of sp³-hybridized carbons (Fsp3) is 0.538. The van der Waals surface area contributed by atoms with Crippen molar-refractivity contribution in [2.24, 2.45) is 0 Å². The fourth-order valence-corrected chi connectivity index (χ4v) is 1.57. The molecular formula is C13H20O3. The average Bonchev–Trinajstić information content (AvgIpc) is 2.25. The predicted molar refractivity (Wildman–Crippen MR) is 63.3 cm³/mol. The Hall–Kier alpha value is -0.900. The Morgan fingerprint density at radius 2 is 2.00 bits per heavy atom. The van der Waals surface area contributed by atoms with Crippen molar-refractivity contribution in [3.05, 3.63) is 35.4 Å². The summed E-state index contributed by atoms with van der Waals surface area (Å²) in [7, 11) is 3.30. The number of ether oxygens (including phenoxy) is 2. The van der Waals surface area contributed by atoms with Crippen molar-refractivity contribution in [3.63, 3.8) is 0 Å². The summed E-state index contributed by atoms with van der Waals surface area (Å²) in [6.45, 7) is 4.04. The van der Waals surface area contributed by atoms with Gasteiger partial charge in [0.15, 0.2) is 0 Å². The van der Waals surface area contributed by atoms with Crippen LogP contribution in [0.2, 0.25) is 0 Å². The standard InChI is InChI=1S/C13H20O3/c1-13(2,14)11-7-5-6-10(8-11)12(16-4)9-15-3/h5-8,12,14H,9H2,1-4H3. The first-order valence-electron chi connectivity index (χ1n) is 5.33. The third kappa shape index (κ3) is 3.30. The van der Waals surface area contributed by atoms with Gasteiger partial charge in [0.25, 0.3) is 0 Å². The number of methoxy groups -OCH3 is 2. The fourth-order valence-electron chi connectivity index (χ4n) is 1.57. The van der Waals surface area contributed by atoms with E-state index in [9.17, 15) is 5.11 Å². The van der Waals surface area contributed by atoms with Crippen molar-refractivity contribution in [2.45, 2.75) is 25.6 Å². The molecule has 0 saturated heterocycles. The van der Waals surface area contributed by atoms with Crippen molar-refractivity contribution in [2.75, 3.05) is 20.8 Å². The maximum absolute atomic E-state index is 9.93. The van der Waals surface area contributed by atoms with Crippen molar-refractivity contribution in [1.29, 1.82) is 0 Å². The van der Waals surface area contributed by atoms with Crippen LogP contribution >= 0.6 is 0 Å². The lowest BCUT2D eigenvalue weighted by atomic mass is 9.95. The topological polar surface area (TPSA) is 38.7 Å². The zero-order valence-corrected chi connectivity index (χ0v) is 10.4. The molecule has 1 aromatic rings. The van der Waals surface area contributed by atoms with Crippen molar-refractivity contribution in [1.82, 2.24) is 0 Å². The Labute approximate surface area is 97.0 Å². The molecular weight excluding hydrogens is 204 g/mol. The number of aliphatic hydroxyl groups is 1. The molecule has 16 heavy (non-hydrogen) atoms. The second-order valence-electron chi connectivity index (χ2n) is 4.36. The largest absolute Gasteiger partial charge is 0.386 e. The van der Waals surface area contributed by atoms with Gasteiger partial charge in [0.1, 0.15) is 6.10 Å². The van der Waals surface area contributed by atoms with Gasteiger partial charge in [0.05, 0.1) is 12.2 Å². The average molecular weight is 224 g/mol. The maximum Gasteiger partial charge on any atom is 0.105 e. The molecule has 0 bridgehead atoms. The van der Waals surface area contributed by atoms with Crippen LogP contribution in [0.1, 0.15) is 31.1 Å². The molecule has 0 radical (unpaired) electrons. The number of hydrogen-bond acceptors (Lipinski definition) is 3. The van der Waals surface area contributed by atoms with Crippen molar-refractivity contribution < 1.29 is 14.6 Å². The van der Waals surface area contributed by atoms with E-state index in [2.05, 4.69) is 0 Å². The van der Waals surface area contributed by atoms with Gasteiger partial charge in [-0.3, -0.25) is 0 Å². The number of benzene rings is 1. The summed E-state index contributed by atoms with van der Waals surface area (Å²) < 4.78 is 10.4. The molecule has 0 spiro atoms. The lowest BCUT2D eigenvalue weighted by Gasteiger charge is -2.21. The molecule has 0 aliphatic rings. The molecule has 1 N–H and O–H groups in total. The molecule has 0 heterocycles. The summed E-state index contributed by atoms with van der Waals surface area (Å²) in [5, 5.41) is 9.93. The van der Waals surface area contributed by atoms with E-state index in [1.165, 1.54) is 0 Å². The van der Waals surface area contributed by atoms with Crippen LogP contribution in [-0.2, 0) is 15.1 Å².